The quantitative estimate of drug-likeness (QED) is 0.579. The van der Waals surface area contributed by atoms with E-state index in [9.17, 15) is 18.0 Å². The minimum absolute atomic E-state index is 0. The summed E-state index contributed by atoms with van der Waals surface area (Å²) in [4.78, 5) is 24.1. The molecule has 0 radical (unpaired) electrons. The summed E-state index contributed by atoms with van der Waals surface area (Å²) in [5.41, 5.74) is 1.48. The molecule has 1 aromatic heterocycles. The Morgan fingerprint density at radius 1 is 1.26 bits per heavy atom. The van der Waals surface area contributed by atoms with Gasteiger partial charge in [-0.05, 0) is 18.2 Å². The molecule has 0 spiro atoms. The van der Waals surface area contributed by atoms with Gasteiger partial charge in [-0.25, -0.2) is 32.5 Å². The first-order valence-electron chi connectivity index (χ1n) is 9.70. The van der Waals surface area contributed by atoms with E-state index in [0.717, 1.165) is 18.5 Å². The third kappa shape index (κ3) is 4.85. The maximum Gasteiger partial charge on any atom is 0.283 e. The van der Waals surface area contributed by atoms with Crippen LogP contribution in [0.2, 0.25) is 0 Å². The number of ether oxygens (including phenoxy) is 3. The molecule has 2 aromatic rings. The first kappa shape index (κ1) is 25.4. The van der Waals surface area contributed by atoms with Gasteiger partial charge in [-0.15, -0.1) is 12.4 Å². The average Bonchev–Trinajstić information content (AvgIpc) is 3.10. The zero-order chi connectivity index (χ0) is 23.9. The van der Waals surface area contributed by atoms with E-state index in [4.69, 9.17) is 19.9 Å². The van der Waals surface area contributed by atoms with Crippen LogP contribution in [-0.2, 0) is 15.0 Å². The number of anilines is 1. The summed E-state index contributed by atoms with van der Waals surface area (Å²) in [7, 11) is 0. The lowest BCUT2D eigenvalue weighted by Gasteiger charge is -2.38. The van der Waals surface area contributed by atoms with E-state index < -0.39 is 42.1 Å². The van der Waals surface area contributed by atoms with Crippen LogP contribution in [0.4, 0.5) is 23.2 Å². The van der Waals surface area contributed by atoms with Crippen LogP contribution >= 0.6 is 12.4 Å². The van der Waals surface area contributed by atoms with Gasteiger partial charge in [0.25, 0.3) is 17.9 Å². The van der Waals surface area contributed by atoms with Crippen molar-refractivity contribution >= 4 is 30.0 Å². The summed E-state index contributed by atoms with van der Waals surface area (Å²) in [6, 6.07) is 3.24. The van der Waals surface area contributed by atoms with Crippen molar-refractivity contribution in [1.29, 1.82) is 0 Å². The molecule has 1 amide bonds. The van der Waals surface area contributed by atoms with E-state index in [-0.39, 0.29) is 54.5 Å². The molecule has 0 bridgehead atoms. The number of rotatable bonds is 6. The first-order chi connectivity index (χ1) is 15.5. The highest BCUT2D eigenvalue weighted by Gasteiger charge is 2.62. The summed E-state index contributed by atoms with van der Waals surface area (Å²) >= 11 is 0. The second kappa shape index (κ2) is 9.22. The van der Waals surface area contributed by atoms with Crippen molar-refractivity contribution in [3.63, 3.8) is 0 Å². The molecule has 3 heterocycles. The third-order valence-electron chi connectivity index (χ3n) is 5.14. The molecule has 3 N–H and O–H groups in total. The fourth-order valence-electron chi connectivity index (χ4n) is 3.51. The molecule has 184 valence electrons. The Balaban J connectivity index is 0.00000324. The maximum atomic E-state index is 15.5. The highest BCUT2D eigenvalue weighted by Crippen LogP contribution is 2.48. The number of amides is 1. The van der Waals surface area contributed by atoms with Crippen molar-refractivity contribution in [3.05, 3.63) is 47.7 Å². The number of hydrogen-bond acceptors (Lipinski definition) is 8. The Bertz CT molecular complexity index is 1100. The summed E-state index contributed by atoms with van der Waals surface area (Å²) in [5.74, 6) is -4.74. The monoisotopic (exact) mass is 505 g/mol. The van der Waals surface area contributed by atoms with Gasteiger partial charge in [-0.1, -0.05) is 0 Å². The average molecular weight is 506 g/mol. The van der Waals surface area contributed by atoms with Gasteiger partial charge in [-0.2, -0.15) is 0 Å². The fraction of sp³-hybridized carbons (Fsp3) is 0.400. The molecule has 34 heavy (non-hydrogen) atoms. The Hall–Kier alpha value is -3.19. The van der Waals surface area contributed by atoms with E-state index in [1.54, 1.807) is 0 Å². The zero-order valence-electron chi connectivity index (χ0n) is 17.7. The van der Waals surface area contributed by atoms with Crippen molar-refractivity contribution in [2.24, 2.45) is 10.7 Å². The third-order valence-corrected chi connectivity index (χ3v) is 5.14. The lowest BCUT2D eigenvalue weighted by Crippen LogP contribution is -2.55. The number of aromatic nitrogens is 2. The summed E-state index contributed by atoms with van der Waals surface area (Å²) in [6.45, 7) is -1.32. The van der Waals surface area contributed by atoms with Crippen LogP contribution in [0.3, 0.4) is 0 Å². The lowest BCUT2D eigenvalue weighted by atomic mass is 9.78. The van der Waals surface area contributed by atoms with Crippen molar-refractivity contribution in [3.8, 4) is 5.88 Å². The number of fused-ring (bicyclic) bond motifs is 1. The maximum absolute atomic E-state index is 15.5. The van der Waals surface area contributed by atoms with Crippen molar-refractivity contribution < 1.29 is 36.6 Å². The molecular weight excluding hydrogens is 486 g/mol. The number of nitrogens with two attached hydrogens (primary N) is 1. The smallest absolute Gasteiger partial charge is 0.283 e. The molecule has 0 saturated carbocycles. The number of halogens is 5. The number of amidine groups is 1. The predicted molar refractivity (Wildman–Crippen MR) is 114 cm³/mol. The number of aliphatic imine (C=N–C) groups is 1. The minimum Gasteiger partial charge on any atom is -0.470 e. The van der Waals surface area contributed by atoms with Gasteiger partial charge in [0, 0.05) is 18.2 Å². The topological polar surface area (TPSA) is 121 Å². The van der Waals surface area contributed by atoms with Crippen molar-refractivity contribution in [1.82, 2.24) is 9.97 Å². The SMILES string of the molecule is CC(F)(F)COc1cnc(C(=O)Nc2ccc(F)c([C@]34COC[C@@]3(F)COC(N)=N4)c2)cn1.Cl. The largest absolute Gasteiger partial charge is 0.470 e. The van der Waals surface area contributed by atoms with Crippen molar-refractivity contribution in [2.45, 2.75) is 24.1 Å². The standard InChI is InChI=1S/C20H19F4N5O4.ClH/c1-18(22,23)7-32-15-6-26-14(5-27-15)16(30)28-11-2-3-13(21)12(4-11)20-10-31-8-19(20,24)9-33-17(25)29-20;/h2-6H,7-10H2,1H3,(H2,25,29)(H,28,30);1H/t19-,20-;/m1./s1. The van der Waals surface area contributed by atoms with Gasteiger partial charge in [0.2, 0.25) is 5.88 Å². The van der Waals surface area contributed by atoms with Gasteiger partial charge in [0.05, 0.1) is 25.6 Å². The number of carbonyl (C=O) groups is 1. The molecule has 14 heteroatoms. The van der Waals surface area contributed by atoms with Crippen LogP contribution < -0.4 is 15.8 Å². The van der Waals surface area contributed by atoms with Gasteiger partial charge in [0.1, 0.15) is 18.1 Å². The summed E-state index contributed by atoms with van der Waals surface area (Å²) < 4.78 is 71.1. The zero-order valence-corrected chi connectivity index (χ0v) is 18.5. The summed E-state index contributed by atoms with van der Waals surface area (Å²) in [5, 5.41) is 2.50. The van der Waals surface area contributed by atoms with E-state index in [0.29, 0.717) is 6.92 Å². The van der Waals surface area contributed by atoms with E-state index in [1.807, 2.05) is 0 Å². The molecule has 2 aliphatic heterocycles. The highest BCUT2D eigenvalue weighted by molar-refractivity contribution is 6.02. The lowest BCUT2D eigenvalue weighted by molar-refractivity contribution is -0.0243. The minimum atomic E-state index is -3.06. The van der Waals surface area contributed by atoms with Crippen LogP contribution in [0, 0.1) is 5.82 Å². The Labute approximate surface area is 197 Å². The number of alkyl halides is 3. The highest BCUT2D eigenvalue weighted by atomic mass is 35.5. The molecule has 1 saturated heterocycles. The van der Waals surface area contributed by atoms with Gasteiger partial charge in [-0.3, -0.25) is 4.79 Å². The van der Waals surface area contributed by atoms with Gasteiger partial charge >= 0.3 is 0 Å². The van der Waals surface area contributed by atoms with Crippen LogP contribution in [0.5, 0.6) is 5.88 Å². The van der Waals surface area contributed by atoms with E-state index in [1.165, 1.54) is 12.1 Å². The van der Waals surface area contributed by atoms with Crippen LogP contribution in [0.1, 0.15) is 23.0 Å². The van der Waals surface area contributed by atoms with E-state index in [2.05, 4.69) is 20.3 Å². The number of carbonyl (C=O) groups excluding carboxylic acids is 1. The molecule has 1 fully saturated rings. The molecule has 0 unspecified atom stereocenters. The molecule has 4 rings (SSSR count). The predicted octanol–water partition coefficient (Wildman–Crippen LogP) is 2.60. The molecule has 2 aliphatic rings. The number of nitrogens with one attached hydrogen (secondary N) is 1. The first-order valence-corrected chi connectivity index (χ1v) is 9.70. The van der Waals surface area contributed by atoms with Crippen LogP contribution in [-0.4, -0.2) is 59.9 Å². The van der Waals surface area contributed by atoms with Gasteiger partial charge in [0.15, 0.2) is 17.8 Å². The van der Waals surface area contributed by atoms with E-state index >= 15 is 4.39 Å². The number of hydrogen-bond donors (Lipinski definition) is 2. The Morgan fingerprint density at radius 3 is 2.71 bits per heavy atom. The molecule has 1 aromatic carbocycles. The second-order valence-electron chi connectivity index (χ2n) is 7.80. The summed E-state index contributed by atoms with van der Waals surface area (Å²) in [6.07, 6.45) is 2.05. The molecule has 9 nitrogen and oxygen atoms in total. The van der Waals surface area contributed by atoms with Gasteiger partial charge < -0.3 is 25.3 Å². The van der Waals surface area contributed by atoms with Crippen LogP contribution in [0.25, 0.3) is 0 Å². The normalized spacial score (nSPS) is 23.7. The molecular formula is C20H20ClF4N5O4. The van der Waals surface area contributed by atoms with Crippen LogP contribution in [0.15, 0.2) is 35.6 Å². The number of nitrogens with zero attached hydrogens (tertiary/aromatic N) is 3. The Kier molecular flexibility index (Phi) is 6.90. The fourth-order valence-corrected chi connectivity index (χ4v) is 3.51. The Morgan fingerprint density at radius 2 is 2.03 bits per heavy atom. The second-order valence-corrected chi connectivity index (χ2v) is 7.80. The van der Waals surface area contributed by atoms with Crippen molar-refractivity contribution in [2.75, 3.05) is 31.7 Å². The number of benzene rings is 1. The molecule has 2 atom stereocenters. The molecule has 0 aliphatic carbocycles.